The van der Waals surface area contributed by atoms with Gasteiger partial charge < -0.3 is 15.2 Å². The van der Waals surface area contributed by atoms with Crippen LogP contribution >= 0.6 is 0 Å². The third-order valence-corrected chi connectivity index (χ3v) is 4.28. The molecule has 0 aromatic rings. The average Bonchev–Trinajstić information content (AvgIpc) is 2.91. The van der Waals surface area contributed by atoms with Gasteiger partial charge in [-0.05, 0) is 24.2 Å². The van der Waals surface area contributed by atoms with Gasteiger partial charge in [-0.1, -0.05) is 13.8 Å². The standard InChI is InChI=1S/C13H21NO4/c1-13(2)9(10(13)12(16)17)11(15)14-7-8-3-5-18-6-4-8/h8-10H,3-7H2,1-2H3,(H,14,15)(H,16,17). The first kappa shape index (κ1) is 13.3. The molecular weight excluding hydrogens is 234 g/mol. The van der Waals surface area contributed by atoms with Crippen LogP contribution in [0.3, 0.4) is 0 Å². The number of rotatable bonds is 4. The number of nitrogens with one attached hydrogen (secondary N) is 1. The van der Waals surface area contributed by atoms with E-state index in [2.05, 4.69) is 5.32 Å². The number of carbonyl (C=O) groups excluding carboxylic acids is 1. The highest BCUT2D eigenvalue weighted by atomic mass is 16.5. The summed E-state index contributed by atoms with van der Waals surface area (Å²) >= 11 is 0. The third-order valence-electron chi connectivity index (χ3n) is 4.28. The Morgan fingerprint density at radius 2 is 1.89 bits per heavy atom. The Bertz CT molecular complexity index is 347. The van der Waals surface area contributed by atoms with Crippen LogP contribution in [0.1, 0.15) is 26.7 Å². The van der Waals surface area contributed by atoms with Gasteiger partial charge in [-0.2, -0.15) is 0 Å². The second kappa shape index (κ2) is 4.88. The quantitative estimate of drug-likeness (QED) is 0.782. The fourth-order valence-electron chi connectivity index (χ4n) is 2.89. The van der Waals surface area contributed by atoms with Crippen LogP contribution in [0.4, 0.5) is 0 Å². The number of carboxylic acids is 1. The minimum atomic E-state index is -0.869. The van der Waals surface area contributed by atoms with Crippen molar-refractivity contribution in [3.63, 3.8) is 0 Å². The topological polar surface area (TPSA) is 75.6 Å². The number of carbonyl (C=O) groups is 2. The van der Waals surface area contributed by atoms with Gasteiger partial charge in [0.1, 0.15) is 0 Å². The summed E-state index contributed by atoms with van der Waals surface area (Å²) in [5.74, 6) is -1.43. The Balaban J connectivity index is 1.80. The Kier molecular flexibility index (Phi) is 3.61. The van der Waals surface area contributed by atoms with E-state index >= 15 is 0 Å². The summed E-state index contributed by atoms with van der Waals surface area (Å²) in [6, 6.07) is 0. The summed E-state index contributed by atoms with van der Waals surface area (Å²) in [6.45, 7) is 5.83. The zero-order valence-electron chi connectivity index (χ0n) is 10.9. The first-order valence-electron chi connectivity index (χ1n) is 6.53. The van der Waals surface area contributed by atoms with Crippen molar-refractivity contribution in [2.24, 2.45) is 23.2 Å². The van der Waals surface area contributed by atoms with Crippen molar-refractivity contribution in [1.82, 2.24) is 5.32 Å². The molecule has 2 rings (SSSR count). The fraction of sp³-hybridized carbons (Fsp3) is 0.846. The predicted molar refractivity (Wildman–Crippen MR) is 64.9 cm³/mol. The Morgan fingerprint density at radius 1 is 1.28 bits per heavy atom. The van der Waals surface area contributed by atoms with Crippen molar-refractivity contribution < 1.29 is 19.4 Å². The van der Waals surface area contributed by atoms with E-state index in [-0.39, 0.29) is 11.8 Å². The van der Waals surface area contributed by atoms with E-state index < -0.39 is 17.3 Å². The van der Waals surface area contributed by atoms with Crippen molar-refractivity contribution in [1.29, 1.82) is 0 Å². The Morgan fingerprint density at radius 3 is 2.39 bits per heavy atom. The van der Waals surface area contributed by atoms with Crippen molar-refractivity contribution in [2.75, 3.05) is 19.8 Å². The number of aliphatic carboxylic acids is 1. The van der Waals surface area contributed by atoms with Gasteiger partial charge >= 0.3 is 5.97 Å². The molecule has 0 radical (unpaired) electrons. The van der Waals surface area contributed by atoms with Gasteiger partial charge in [0.2, 0.25) is 5.91 Å². The van der Waals surface area contributed by atoms with Gasteiger partial charge in [0.05, 0.1) is 11.8 Å². The van der Waals surface area contributed by atoms with Gasteiger partial charge in [0.25, 0.3) is 0 Å². The summed E-state index contributed by atoms with van der Waals surface area (Å²) in [4.78, 5) is 23.0. The molecular formula is C13H21NO4. The summed E-state index contributed by atoms with van der Waals surface area (Å²) < 4.78 is 5.26. The molecule has 1 amide bonds. The lowest BCUT2D eigenvalue weighted by Crippen LogP contribution is -2.34. The number of hydrogen-bond donors (Lipinski definition) is 2. The molecule has 0 aromatic carbocycles. The van der Waals surface area contributed by atoms with Crippen molar-refractivity contribution in [3.05, 3.63) is 0 Å². The zero-order chi connectivity index (χ0) is 13.3. The van der Waals surface area contributed by atoms with E-state index in [1.54, 1.807) is 0 Å². The molecule has 5 heteroatoms. The molecule has 1 heterocycles. The molecule has 102 valence electrons. The highest BCUT2D eigenvalue weighted by Gasteiger charge is 2.65. The largest absolute Gasteiger partial charge is 0.481 e. The first-order chi connectivity index (χ1) is 8.44. The van der Waals surface area contributed by atoms with Crippen LogP contribution in [0.15, 0.2) is 0 Å². The lowest BCUT2D eigenvalue weighted by atomic mass is 10.0. The maximum Gasteiger partial charge on any atom is 0.307 e. The van der Waals surface area contributed by atoms with Gasteiger partial charge in [-0.3, -0.25) is 9.59 Å². The number of amides is 1. The Labute approximate surface area is 107 Å². The maximum absolute atomic E-state index is 12.0. The molecule has 0 bridgehead atoms. The second-order valence-electron chi connectivity index (χ2n) is 5.92. The highest BCUT2D eigenvalue weighted by Crippen LogP contribution is 2.58. The molecule has 1 aliphatic heterocycles. The molecule has 5 nitrogen and oxygen atoms in total. The Hall–Kier alpha value is -1.10. The van der Waals surface area contributed by atoms with E-state index in [9.17, 15) is 9.59 Å². The molecule has 0 aromatic heterocycles. The number of carboxylic acid groups (broad SMARTS) is 1. The SMILES string of the molecule is CC1(C)C(C(=O)O)C1C(=O)NCC1CCOCC1. The second-order valence-corrected chi connectivity index (χ2v) is 5.92. The van der Waals surface area contributed by atoms with E-state index in [0.29, 0.717) is 12.5 Å². The van der Waals surface area contributed by atoms with Gasteiger partial charge in [0, 0.05) is 19.8 Å². The van der Waals surface area contributed by atoms with Gasteiger partial charge in [0.15, 0.2) is 0 Å². The van der Waals surface area contributed by atoms with Gasteiger partial charge in [-0.25, -0.2) is 0 Å². The zero-order valence-corrected chi connectivity index (χ0v) is 10.9. The van der Waals surface area contributed by atoms with Crippen LogP contribution in [0, 0.1) is 23.2 Å². The molecule has 1 saturated heterocycles. The van der Waals surface area contributed by atoms with Gasteiger partial charge in [-0.15, -0.1) is 0 Å². The molecule has 0 spiro atoms. The monoisotopic (exact) mass is 255 g/mol. The lowest BCUT2D eigenvalue weighted by molar-refractivity contribution is -0.140. The van der Waals surface area contributed by atoms with E-state index in [4.69, 9.17) is 9.84 Å². The number of ether oxygens (including phenoxy) is 1. The molecule has 2 aliphatic rings. The summed E-state index contributed by atoms with van der Waals surface area (Å²) in [6.07, 6.45) is 1.94. The summed E-state index contributed by atoms with van der Waals surface area (Å²) in [5.41, 5.74) is -0.411. The van der Waals surface area contributed by atoms with Crippen LogP contribution in [0.5, 0.6) is 0 Å². The van der Waals surface area contributed by atoms with Crippen LogP contribution in [-0.2, 0) is 14.3 Å². The minimum Gasteiger partial charge on any atom is -0.481 e. The van der Waals surface area contributed by atoms with Crippen molar-refractivity contribution in [3.8, 4) is 0 Å². The fourth-order valence-corrected chi connectivity index (χ4v) is 2.89. The number of hydrogen-bond acceptors (Lipinski definition) is 3. The summed E-state index contributed by atoms with van der Waals surface area (Å²) in [7, 11) is 0. The molecule has 1 saturated carbocycles. The first-order valence-corrected chi connectivity index (χ1v) is 6.53. The van der Waals surface area contributed by atoms with Crippen LogP contribution in [0.25, 0.3) is 0 Å². The molecule has 2 N–H and O–H groups in total. The van der Waals surface area contributed by atoms with Crippen LogP contribution in [-0.4, -0.2) is 36.7 Å². The molecule has 2 atom stereocenters. The molecule has 2 unspecified atom stereocenters. The lowest BCUT2D eigenvalue weighted by Gasteiger charge is -2.22. The van der Waals surface area contributed by atoms with E-state index in [1.807, 2.05) is 13.8 Å². The molecule has 18 heavy (non-hydrogen) atoms. The van der Waals surface area contributed by atoms with E-state index in [1.165, 1.54) is 0 Å². The highest BCUT2D eigenvalue weighted by molar-refractivity contribution is 5.91. The van der Waals surface area contributed by atoms with Crippen LogP contribution in [0.2, 0.25) is 0 Å². The van der Waals surface area contributed by atoms with Crippen LogP contribution < -0.4 is 5.32 Å². The molecule has 1 aliphatic carbocycles. The minimum absolute atomic E-state index is 0.112. The third kappa shape index (κ3) is 2.51. The van der Waals surface area contributed by atoms with E-state index in [0.717, 1.165) is 26.1 Å². The smallest absolute Gasteiger partial charge is 0.307 e. The average molecular weight is 255 g/mol. The predicted octanol–water partition coefficient (Wildman–Crippen LogP) is 0.886. The normalized spacial score (nSPS) is 30.8. The van der Waals surface area contributed by atoms with Crippen molar-refractivity contribution in [2.45, 2.75) is 26.7 Å². The van der Waals surface area contributed by atoms with Crippen molar-refractivity contribution >= 4 is 11.9 Å². The maximum atomic E-state index is 12.0. The molecule has 2 fully saturated rings. The summed E-state index contributed by atoms with van der Waals surface area (Å²) in [5, 5.41) is 11.9.